The van der Waals surface area contributed by atoms with Crippen molar-refractivity contribution in [1.82, 2.24) is 4.90 Å². The molecular formula is C9H19N3. The molecule has 0 aliphatic carbocycles. The Kier molecular flexibility index (Phi) is 3.80. The number of nitrogens with zero attached hydrogens (tertiary/aromatic N) is 2. The van der Waals surface area contributed by atoms with Gasteiger partial charge in [-0.1, -0.05) is 13.8 Å². The molecule has 0 spiro atoms. The third-order valence-electron chi connectivity index (χ3n) is 1.73. The zero-order valence-corrected chi connectivity index (χ0v) is 8.63. The highest BCUT2D eigenvalue weighted by molar-refractivity contribution is 5.92. The monoisotopic (exact) mass is 169 g/mol. The van der Waals surface area contributed by atoms with Gasteiger partial charge in [-0.15, -0.1) is 0 Å². The molecule has 2 N–H and O–H groups in total. The quantitative estimate of drug-likeness (QED) is 0.598. The zero-order valence-electron chi connectivity index (χ0n) is 8.63. The van der Waals surface area contributed by atoms with Crippen molar-refractivity contribution in [1.29, 1.82) is 0 Å². The molecule has 0 aromatic heterocycles. The van der Waals surface area contributed by atoms with Crippen molar-refractivity contribution in [2.75, 3.05) is 7.05 Å². The number of rotatable bonds is 0. The SMILES string of the molecule is CC.CN1C=CC(N)=NC1(C)C. The second-order valence-corrected chi connectivity index (χ2v) is 2.96. The van der Waals surface area contributed by atoms with E-state index in [1.54, 1.807) is 6.08 Å². The predicted octanol–water partition coefficient (Wildman–Crippen LogP) is 1.56. The minimum absolute atomic E-state index is 0.182. The first-order chi connectivity index (χ1) is 5.52. The Bertz CT molecular complexity index is 192. The van der Waals surface area contributed by atoms with Gasteiger partial charge in [-0.3, -0.25) is 0 Å². The summed E-state index contributed by atoms with van der Waals surface area (Å²) in [6.07, 6.45) is 3.73. The topological polar surface area (TPSA) is 41.6 Å². The van der Waals surface area contributed by atoms with Crippen LogP contribution < -0.4 is 5.73 Å². The van der Waals surface area contributed by atoms with Gasteiger partial charge in [0.1, 0.15) is 11.5 Å². The highest BCUT2D eigenvalue weighted by Gasteiger charge is 2.21. The number of hydrogen-bond acceptors (Lipinski definition) is 3. The zero-order chi connectivity index (χ0) is 9.78. The van der Waals surface area contributed by atoms with Crippen LogP contribution in [0.25, 0.3) is 0 Å². The van der Waals surface area contributed by atoms with Crippen molar-refractivity contribution in [2.24, 2.45) is 10.7 Å². The summed E-state index contributed by atoms with van der Waals surface area (Å²) >= 11 is 0. The second kappa shape index (κ2) is 4.14. The highest BCUT2D eigenvalue weighted by atomic mass is 15.3. The van der Waals surface area contributed by atoms with Crippen molar-refractivity contribution < 1.29 is 0 Å². The first-order valence-corrected chi connectivity index (χ1v) is 4.29. The maximum Gasteiger partial charge on any atom is 0.127 e. The normalized spacial score (nSPS) is 19.4. The van der Waals surface area contributed by atoms with Gasteiger partial charge in [0, 0.05) is 13.2 Å². The third kappa shape index (κ3) is 2.57. The number of hydrogen-bond donors (Lipinski definition) is 1. The molecule has 3 heteroatoms. The van der Waals surface area contributed by atoms with Crippen LogP contribution in [-0.2, 0) is 0 Å². The molecule has 0 radical (unpaired) electrons. The fraction of sp³-hybridized carbons (Fsp3) is 0.667. The van der Waals surface area contributed by atoms with E-state index < -0.39 is 0 Å². The average Bonchev–Trinajstić information content (AvgIpc) is 2.01. The number of aliphatic imine (C=N–C) groups is 1. The minimum atomic E-state index is -0.182. The van der Waals surface area contributed by atoms with Crippen LogP contribution in [0.3, 0.4) is 0 Å². The van der Waals surface area contributed by atoms with Crippen LogP contribution in [0, 0.1) is 0 Å². The van der Waals surface area contributed by atoms with Crippen molar-refractivity contribution in [2.45, 2.75) is 33.4 Å². The Balaban J connectivity index is 0.000000561. The molecule has 0 aromatic rings. The molecular weight excluding hydrogens is 150 g/mol. The fourth-order valence-electron chi connectivity index (χ4n) is 0.803. The van der Waals surface area contributed by atoms with Gasteiger partial charge in [-0.25, -0.2) is 4.99 Å². The molecule has 1 aliphatic rings. The molecule has 0 unspecified atom stereocenters. The van der Waals surface area contributed by atoms with Crippen LogP contribution in [0.1, 0.15) is 27.7 Å². The van der Waals surface area contributed by atoms with Gasteiger partial charge in [0.2, 0.25) is 0 Å². The summed E-state index contributed by atoms with van der Waals surface area (Å²) in [7, 11) is 1.98. The Labute approximate surface area is 75.0 Å². The highest BCUT2D eigenvalue weighted by Crippen LogP contribution is 2.16. The largest absolute Gasteiger partial charge is 0.384 e. The molecule has 70 valence electrons. The molecule has 0 amide bonds. The molecule has 12 heavy (non-hydrogen) atoms. The number of nitrogens with two attached hydrogens (primary N) is 1. The molecule has 1 heterocycles. The maximum atomic E-state index is 5.51. The van der Waals surface area contributed by atoms with Crippen molar-refractivity contribution in [3.8, 4) is 0 Å². The standard InChI is InChI=1S/C7H13N3.C2H6/c1-7(2)9-6(8)4-5-10(7)3;1-2/h4-5H,1-3H3,(H2,8,9);1-2H3. The van der Waals surface area contributed by atoms with E-state index in [4.69, 9.17) is 5.73 Å². The van der Waals surface area contributed by atoms with Gasteiger partial charge < -0.3 is 10.6 Å². The Morgan fingerprint density at radius 3 is 2.25 bits per heavy atom. The van der Waals surface area contributed by atoms with E-state index in [0.29, 0.717) is 5.84 Å². The summed E-state index contributed by atoms with van der Waals surface area (Å²) in [6.45, 7) is 8.03. The van der Waals surface area contributed by atoms with Crippen LogP contribution >= 0.6 is 0 Å². The molecule has 0 fully saturated rings. The molecule has 3 nitrogen and oxygen atoms in total. The van der Waals surface area contributed by atoms with Crippen LogP contribution in [0.2, 0.25) is 0 Å². The van der Waals surface area contributed by atoms with Crippen LogP contribution in [0.15, 0.2) is 17.3 Å². The van der Waals surface area contributed by atoms with Gasteiger partial charge in [0.15, 0.2) is 0 Å². The minimum Gasteiger partial charge on any atom is -0.384 e. The summed E-state index contributed by atoms with van der Waals surface area (Å²) in [6, 6.07) is 0. The average molecular weight is 169 g/mol. The van der Waals surface area contributed by atoms with Crippen molar-refractivity contribution >= 4 is 5.84 Å². The van der Waals surface area contributed by atoms with E-state index in [2.05, 4.69) is 4.99 Å². The molecule has 0 aromatic carbocycles. The lowest BCUT2D eigenvalue weighted by molar-refractivity contribution is 0.233. The summed E-state index contributed by atoms with van der Waals surface area (Å²) < 4.78 is 0. The van der Waals surface area contributed by atoms with Crippen molar-refractivity contribution in [3.05, 3.63) is 12.3 Å². The Hall–Kier alpha value is -0.990. The van der Waals surface area contributed by atoms with Gasteiger partial charge >= 0.3 is 0 Å². The second-order valence-electron chi connectivity index (χ2n) is 2.96. The predicted molar refractivity (Wildman–Crippen MR) is 54.0 cm³/mol. The summed E-state index contributed by atoms with van der Waals surface area (Å²) in [5, 5.41) is 0. The Morgan fingerprint density at radius 2 is 1.92 bits per heavy atom. The van der Waals surface area contributed by atoms with E-state index in [-0.39, 0.29) is 5.66 Å². The lowest BCUT2D eigenvalue weighted by Crippen LogP contribution is -2.40. The van der Waals surface area contributed by atoms with Crippen LogP contribution in [0.4, 0.5) is 0 Å². The van der Waals surface area contributed by atoms with E-state index >= 15 is 0 Å². The van der Waals surface area contributed by atoms with Crippen LogP contribution in [0.5, 0.6) is 0 Å². The third-order valence-corrected chi connectivity index (χ3v) is 1.73. The molecule has 0 saturated heterocycles. The van der Waals surface area contributed by atoms with E-state index in [0.717, 1.165) is 0 Å². The van der Waals surface area contributed by atoms with E-state index in [9.17, 15) is 0 Å². The lowest BCUT2D eigenvalue weighted by atomic mass is 10.2. The molecule has 1 rings (SSSR count). The summed E-state index contributed by atoms with van der Waals surface area (Å²) in [4.78, 5) is 6.25. The number of amidine groups is 1. The molecule has 0 atom stereocenters. The van der Waals surface area contributed by atoms with Gasteiger partial charge in [0.05, 0.1) is 0 Å². The summed E-state index contributed by atoms with van der Waals surface area (Å²) in [5.41, 5.74) is 5.33. The summed E-state index contributed by atoms with van der Waals surface area (Å²) in [5.74, 6) is 0.600. The van der Waals surface area contributed by atoms with E-state index in [1.807, 2.05) is 45.8 Å². The first-order valence-electron chi connectivity index (χ1n) is 4.29. The van der Waals surface area contributed by atoms with Crippen molar-refractivity contribution in [3.63, 3.8) is 0 Å². The first kappa shape index (κ1) is 11.0. The molecule has 0 bridgehead atoms. The molecule has 1 aliphatic heterocycles. The van der Waals surface area contributed by atoms with Gasteiger partial charge in [0.25, 0.3) is 0 Å². The Morgan fingerprint density at radius 1 is 1.42 bits per heavy atom. The maximum absolute atomic E-state index is 5.51. The fourth-order valence-corrected chi connectivity index (χ4v) is 0.803. The lowest BCUT2D eigenvalue weighted by Gasteiger charge is -2.33. The van der Waals surface area contributed by atoms with Gasteiger partial charge in [-0.2, -0.15) is 0 Å². The van der Waals surface area contributed by atoms with Gasteiger partial charge in [-0.05, 0) is 19.9 Å². The van der Waals surface area contributed by atoms with E-state index in [1.165, 1.54) is 0 Å². The molecule has 0 saturated carbocycles. The smallest absolute Gasteiger partial charge is 0.127 e. The van der Waals surface area contributed by atoms with Crippen LogP contribution in [-0.4, -0.2) is 23.4 Å².